The number of ether oxygens (including phenoxy) is 3. The Balaban J connectivity index is 1.75. The molecule has 2 fully saturated rings. The van der Waals surface area contributed by atoms with Gasteiger partial charge in [0.25, 0.3) is 5.56 Å². The molecule has 1 aromatic heterocycles. The van der Waals surface area contributed by atoms with Gasteiger partial charge in [0.1, 0.15) is 18.3 Å². The van der Waals surface area contributed by atoms with Crippen LogP contribution < -0.4 is 11.2 Å². The summed E-state index contributed by atoms with van der Waals surface area (Å²) in [6, 6.07) is 0. The van der Waals surface area contributed by atoms with Crippen LogP contribution in [0.2, 0.25) is 0 Å². The van der Waals surface area contributed by atoms with Gasteiger partial charge in [0, 0.05) is 31.1 Å². The van der Waals surface area contributed by atoms with Gasteiger partial charge >= 0.3 is 5.69 Å². The second-order valence-corrected chi connectivity index (χ2v) is 15.9. The Hall–Kier alpha value is -2.26. The monoisotopic (exact) mass is 727 g/mol. The van der Waals surface area contributed by atoms with Crippen molar-refractivity contribution in [3.05, 3.63) is 67.5 Å². The normalized spacial score (nSPS) is 21.5. The number of aryl methyl sites for hydroxylation is 1. The number of allylic oxidation sites excluding steroid dienone is 6. The van der Waals surface area contributed by atoms with Crippen molar-refractivity contribution in [3.63, 3.8) is 0 Å². The van der Waals surface area contributed by atoms with Gasteiger partial charge in [0.2, 0.25) is 0 Å². The third kappa shape index (κ3) is 13.9. The molecule has 296 valence electrons. The Kier molecular flexibility index (Phi) is 20.0. The number of hydrogen-bond donors (Lipinski definition) is 1. The van der Waals surface area contributed by atoms with Gasteiger partial charge in [0.15, 0.2) is 12.0 Å². The first-order valence-corrected chi connectivity index (χ1v) is 20.9. The Bertz CT molecular complexity index is 1380. The molecule has 2 aliphatic heterocycles. The Morgan fingerprint density at radius 1 is 0.750 bits per heavy atom. The first kappa shape index (κ1) is 44.1. The average Bonchev–Trinajstić information content (AvgIpc) is 3.64. The van der Waals surface area contributed by atoms with Crippen LogP contribution >= 0.6 is 0 Å². The highest BCUT2D eigenvalue weighted by molar-refractivity contribution is 5.09. The summed E-state index contributed by atoms with van der Waals surface area (Å²) in [5, 5.41) is 10.4. The summed E-state index contributed by atoms with van der Waals surface area (Å²) in [4.78, 5) is 27.3. The van der Waals surface area contributed by atoms with E-state index in [2.05, 4.69) is 53.7 Å². The zero-order chi connectivity index (χ0) is 37.9. The maximum Gasteiger partial charge on any atom is 0.333 e. The van der Waals surface area contributed by atoms with Gasteiger partial charge in [-0.15, -0.1) is 0 Å². The molecular weight excluding hydrogens is 652 g/mol. The van der Waals surface area contributed by atoms with Crippen molar-refractivity contribution < 1.29 is 19.3 Å². The molecule has 3 heterocycles. The van der Waals surface area contributed by atoms with Crippen LogP contribution in [0.4, 0.5) is 0 Å². The van der Waals surface area contributed by atoms with Gasteiger partial charge in [-0.2, -0.15) is 0 Å². The van der Waals surface area contributed by atoms with Crippen molar-refractivity contribution in [2.24, 2.45) is 0 Å². The minimum atomic E-state index is -0.797. The highest BCUT2D eigenvalue weighted by Crippen LogP contribution is 2.47. The molecule has 0 radical (unpaired) electrons. The van der Waals surface area contributed by atoms with Crippen LogP contribution in [0.3, 0.4) is 0 Å². The number of fused-ring (bicyclic) bond motifs is 1. The fourth-order valence-electron chi connectivity index (χ4n) is 7.62. The molecule has 1 N–H and O–H groups in total. The lowest BCUT2D eigenvalue weighted by Crippen LogP contribution is -2.44. The molecule has 3 rings (SSSR count). The summed E-state index contributed by atoms with van der Waals surface area (Å²) in [6.07, 6.45) is 28.0. The third-order valence-electron chi connectivity index (χ3n) is 10.9. The van der Waals surface area contributed by atoms with Gasteiger partial charge < -0.3 is 19.3 Å². The van der Waals surface area contributed by atoms with E-state index in [4.69, 9.17) is 14.2 Å². The first-order chi connectivity index (χ1) is 25.1. The number of aromatic nitrogens is 2. The van der Waals surface area contributed by atoms with E-state index in [1.54, 1.807) is 13.1 Å². The number of aliphatic hydroxyl groups is 1. The van der Waals surface area contributed by atoms with Crippen LogP contribution in [0.5, 0.6) is 0 Å². The minimum Gasteiger partial charge on any atom is -0.394 e. The molecule has 2 aliphatic rings. The van der Waals surface area contributed by atoms with E-state index in [-0.39, 0.29) is 18.7 Å². The predicted molar refractivity (Wildman–Crippen MR) is 214 cm³/mol. The van der Waals surface area contributed by atoms with Crippen molar-refractivity contribution in [1.29, 1.82) is 0 Å². The SMILES string of the molecule is CCCCCCCCCC1(CCCCCCCCC)OC2C(CO)OC(n3cc(C)c(=O)n(CC=C(C)CCC=C(C)CCC=C(C)C)c3=O)C2O1. The van der Waals surface area contributed by atoms with E-state index in [9.17, 15) is 14.7 Å². The van der Waals surface area contributed by atoms with Crippen LogP contribution in [0, 0.1) is 6.92 Å². The minimum absolute atomic E-state index is 0.191. The molecule has 0 amide bonds. The van der Waals surface area contributed by atoms with Crippen molar-refractivity contribution in [2.45, 2.75) is 214 Å². The van der Waals surface area contributed by atoms with E-state index >= 15 is 0 Å². The van der Waals surface area contributed by atoms with Crippen LogP contribution in [-0.4, -0.2) is 44.9 Å². The number of hydrogen-bond acceptors (Lipinski definition) is 6. The van der Waals surface area contributed by atoms with Crippen LogP contribution in [0.25, 0.3) is 0 Å². The molecule has 0 aromatic carbocycles. The van der Waals surface area contributed by atoms with E-state index in [0.717, 1.165) is 69.8 Å². The van der Waals surface area contributed by atoms with Crippen molar-refractivity contribution in [2.75, 3.05) is 6.61 Å². The first-order valence-electron chi connectivity index (χ1n) is 20.9. The predicted octanol–water partition coefficient (Wildman–Crippen LogP) is 10.4. The zero-order valence-corrected chi connectivity index (χ0v) is 34.1. The molecule has 0 bridgehead atoms. The van der Waals surface area contributed by atoms with Gasteiger partial charge in [-0.1, -0.05) is 126 Å². The highest BCUT2D eigenvalue weighted by atomic mass is 16.8. The van der Waals surface area contributed by atoms with Crippen LogP contribution in [0.1, 0.15) is 182 Å². The Morgan fingerprint density at radius 2 is 1.27 bits per heavy atom. The van der Waals surface area contributed by atoms with Crippen molar-refractivity contribution in [3.8, 4) is 0 Å². The molecule has 4 unspecified atom stereocenters. The standard InChI is InChI=1S/C44H74N2O6/c1-8-10-12-14-16-18-20-29-44(30-21-19-17-15-13-11-9-2)51-39-38(33-47)50-42(40(39)52-44)46-32-37(7)41(48)45(43(46)49)31-28-36(6)27-23-26-35(5)25-22-24-34(3)4/h24,26,28,32,38-40,42,47H,8-23,25,27,29-31,33H2,1-7H3. The molecule has 0 aliphatic carbocycles. The van der Waals surface area contributed by atoms with Crippen molar-refractivity contribution >= 4 is 0 Å². The highest BCUT2D eigenvalue weighted by Gasteiger charge is 2.58. The topological polar surface area (TPSA) is 91.9 Å². The number of nitrogens with zero attached hydrogens (tertiary/aromatic N) is 2. The van der Waals surface area contributed by atoms with Gasteiger partial charge in [-0.05, 0) is 73.1 Å². The molecule has 52 heavy (non-hydrogen) atoms. The van der Waals surface area contributed by atoms with Gasteiger partial charge in [0.05, 0.1) is 6.61 Å². The Labute approximate surface area is 315 Å². The Morgan fingerprint density at radius 3 is 1.83 bits per heavy atom. The van der Waals surface area contributed by atoms with E-state index in [1.165, 1.54) is 84.5 Å². The molecule has 1 aromatic rings. The maximum absolute atomic E-state index is 14.0. The second kappa shape index (κ2) is 23.5. The molecule has 0 saturated carbocycles. The number of rotatable bonds is 26. The summed E-state index contributed by atoms with van der Waals surface area (Å²) in [5.41, 5.74) is 3.59. The maximum atomic E-state index is 14.0. The van der Waals surface area contributed by atoms with E-state index < -0.39 is 36.0 Å². The summed E-state index contributed by atoms with van der Waals surface area (Å²) in [5.74, 6) is -0.761. The van der Waals surface area contributed by atoms with Crippen LogP contribution in [-0.2, 0) is 20.8 Å². The molecule has 8 nitrogen and oxygen atoms in total. The summed E-state index contributed by atoms with van der Waals surface area (Å²) < 4.78 is 22.8. The van der Waals surface area contributed by atoms with Gasteiger partial charge in [-0.3, -0.25) is 13.9 Å². The summed E-state index contributed by atoms with van der Waals surface area (Å²) in [6.45, 7) is 14.7. The van der Waals surface area contributed by atoms with E-state index in [1.807, 2.05) is 6.08 Å². The fraction of sp³-hybridized carbons (Fsp3) is 0.773. The molecule has 8 heteroatoms. The van der Waals surface area contributed by atoms with Crippen LogP contribution in [0.15, 0.2) is 50.7 Å². The fourth-order valence-corrected chi connectivity index (χ4v) is 7.62. The quantitative estimate of drug-likeness (QED) is 0.0755. The second-order valence-electron chi connectivity index (χ2n) is 15.9. The lowest BCUT2D eigenvalue weighted by molar-refractivity contribution is -0.228. The lowest BCUT2D eigenvalue weighted by atomic mass is 9.98. The summed E-state index contributed by atoms with van der Waals surface area (Å²) >= 11 is 0. The van der Waals surface area contributed by atoms with Crippen molar-refractivity contribution in [1.82, 2.24) is 9.13 Å². The molecular formula is C44H74N2O6. The third-order valence-corrected chi connectivity index (χ3v) is 10.9. The zero-order valence-electron chi connectivity index (χ0n) is 34.1. The largest absolute Gasteiger partial charge is 0.394 e. The smallest absolute Gasteiger partial charge is 0.333 e. The number of aliphatic hydroxyl groups excluding tert-OH is 1. The molecule has 2 saturated heterocycles. The van der Waals surface area contributed by atoms with Gasteiger partial charge in [-0.25, -0.2) is 4.79 Å². The van der Waals surface area contributed by atoms with E-state index in [0.29, 0.717) is 5.56 Å². The number of unbranched alkanes of at least 4 members (excludes halogenated alkanes) is 12. The molecule has 0 spiro atoms. The summed E-state index contributed by atoms with van der Waals surface area (Å²) in [7, 11) is 0. The lowest BCUT2D eigenvalue weighted by Gasteiger charge is -2.32. The molecule has 4 atom stereocenters. The average molecular weight is 727 g/mol.